The van der Waals surface area contributed by atoms with E-state index in [2.05, 4.69) is 10.2 Å². The predicted octanol–water partition coefficient (Wildman–Crippen LogP) is 2.46. The number of halogens is 1. The minimum absolute atomic E-state index is 0.114. The van der Waals surface area contributed by atoms with Crippen molar-refractivity contribution in [2.75, 3.05) is 6.61 Å². The van der Waals surface area contributed by atoms with Crippen LogP contribution in [0, 0.1) is 5.82 Å². The number of carbonyl (C=O) groups excluding carboxylic acids is 1. The van der Waals surface area contributed by atoms with Crippen molar-refractivity contribution in [1.29, 1.82) is 0 Å². The molecule has 1 aromatic heterocycles. The number of benzene rings is 1. The fourth-order valence-electron chi connectivity index (χ4n) is 1.47. The van der Waals surface area contributed by atoms with E-state index in [0.29, 0.717) is 5.56 Å². The molecule has 18 heavy (non-hydrogen) atoms. The molecule has 0 aliphatic carbocycles. The molecule has 0 N–H and O–H groups in total. The monoisotopic (exact) mass is 246 g/mol. The first-order valence-corrected chi connectivity index (χ1v) is 5.48. The van der Waals surface area contributed by atoms with Crippen LogP contribution in [0.1, 0.15) is 17.4 Å². The molecule has 0 saturated carbocycles. The number of hydrogen-bond acceptors (Lipinski definition) is 4. The second-order valence-corrected chi connectivity index (χ2v) is 3.51. The molecule has 2 aromatic rings. The molecule has 5 heteroatoms. The van der Waals surface area contributed by atoms with Gasteiger partial charge < -0.3 is 4.74 Å². The van der Waals surface area contributed by atoms with Gasteiger partial charge in [0.1, 0.15) is 5.69 Å². The second kappa shape index (κ2) is 5.35. The van der Waals surface area contributed by atoms with Crippen molar-refractivity contribution in [3.63, 3.8) is 0 Å². The van der Waals surface area contributed by atoms with Gasteiger partial charge in [-0.2, -0.15) is 0 Å². The van der Waals surface area contributed by atoms with E-state index in [9.17, 15) is 9.18 Å². The summed E-state index contributed by atoms with van der Waals surface area (Å²) >= 11 is 0. The molecule has 0 aliphatic heterocycles. The van der Waals surface area contributed by atoms with E-state index in [0.717, 1.165) is 6.07 Å². The molecule has 0 fully saturated rings. The van der Waals surface area contributed by atoms with Crippen molar-refractivity contribution in [2.24, 2.45) is 0 Å². The Bertz CT molecular complexity index is 558. The lowest BCUT2D eigenvalue weighted by atomic mass is 10.1. The molecule has 92 valence electrons. The molecule has 0 atom stereocenters. The summed E-state index contributed by atoms with van der Waals surface area (Å²) in [7, 11) is 0. The fourth-order valence-corrected chi connectivity index (χ4v) is 1.47. The van der Waals surface area contributed by atoms with Crippen LogP contribution in [-0.2, 0) is 4.74 Å². The fraction of sp³-hybridized carbons (Fsp3) is 0.154. The third-order valence-corrected chi connectivity index (χ3v) is 2.28. The zero-order valence-corrected chi connectivity index (χ0v) is 9.76. The summed E-state index contributed by atoms with van der Waals surface area (Å²) in [4.78, 5) is 11.4. The van der Waals surface area contributed by atoms with Crippen LogP contribution in [-0.4, -0.2) is 22.8 Å². The Kier molecular flexibility index (Phi) is 3.62. The largest absolute Gasteiger partial charge is 0.461 e. The quantitative estimate of drug-likeness (QED) is 0.780. The molecule has 0 aliphatic rings. The highest BCUT2D eigenvalue weighted by Crippen LogP contribution is 2.19. The minimum atomic E-state index is -0.677. The molecule has 0 bridgehead atoms. The van der Waals surface area contributed by atoms with Gasteiger partial charge >= 0.3 is 5.97 Å². The van der Waals surface area contributed by atoms with E-state index >= 15 is 0 Å². The molecule has 0 spiro atoms. The minimum Gasteiger partial charge on any atom is -0.461 e. The van der Waals surface area contributed by atoms with E-state index in [1.54, 1.807) is 31.2 Å². The molecule has 1 heterocycles. The number of esters is 1. The summed E-state index contributed by atoms with van der Waals surface area (Å²) in [5.74, 6) is -1.28. The number of hydrogen-bond donors (Lipinski definition) is 0. The molecule has 2 rings (SSSR count). The standard InChI is InChI=1S/C13H11FN2O2/c1-2-18-13(17)11-8-10(14)12(16-15-11)9-6-4-3-5-7-9/h3-8H,2H2,1H3. The maximum atomic E-state index is 13.8. The maximum absolute atomic E-state index is 13.8. The highest BCUT2D eigenvalue weighted by atomic mass is 19.1. The summed E-state index contributed by atoms with van der Waals surface area (Å²) in [6.07, 6.45) is 0. The number of ether oxygens (including phenoxy) is 1. The first-order chi connectivity index (χ1) is 8.72. The SMILES string of the molecule is CCOC(=O)c1cc(F)c(-c2ccccc2)nn1. The Balaban J connectivity index is 2.34. The summed E-state index contributed by atoms with van der Waals surface area (Å²) in [5, 5.41) is 7.40. The Labute approximate surface area is 103 Å². The normalized spacial score (nSPS) is 10.1. The van der Waals surface area contributed by atoms with Gasteiger partial charge in [0.2, 0.25) is 0 Å². The molecular formula is C13H11FN2O2. The number of nitrogens with zero attached hydrogens (tertiary/aromatic N) is 2. The van der Waals surface area contributed by atoms with Gasteiger partial charge in [0, 0.05) is 11.6 Å². The van der Waals surface area contributed by atoms with Crippen molar-refractivity contribution < 1.29 is 13.9 Å². The average molecular weight is 246 g/mol. The predicted molar refractivity (Wildman–Crippen MR) is 63.4 cm³/mol. The van der Waals surface area contributed by atoms with Crippen molar-refractivity contribution >= 4 is 5.97 Å². The molecular weight excluding hydrogens is 235 g/mol. The van der Waals surface area contributed by atoms with Crippen LogP contribution in [0.2, 0.25) is 0 Å². The van der Waals surface area contributed by atoms with Gasteiger partial charge in [0.25, 0.3) is 0 Å². The van der Waals surface area contributed by atoms with Crippen molar-refractivity contribution in [3.8, 4) is 11.3 Å². The van der Waals surface area contributed by atoms with Gasteiger partial charge in [-0.15, -0.1) is 10.2 Å². The van der Waals surface area contributed by atoms with Crippen LogP contribution in [0.25, 0.3) is 11.3 Å². The number of aromatic nitrogens is 2. The van der Waals surface area contributed by atoms with E-state index in [1.807, 2.05) is 6.07 Å². The zero-order chi connectivity index (χ0) is 13.0. The first-order valence-electron chi connectivity index (χ1n) is 5.48. The highest BCUT2D eigenvalue weighted by molar-refractivity contribution is 5.87. The van der Waals surface area contributed by atoms with Crippen molar-refractivity contribution in [1.82, 2.24) is 10.2 Å². The third kappa shape index (κ3) is 2.51. The molecule has 0 radical (unpaired) electrons. The average Bonchev–Trinajstić information content (AvgIpc) is 2.40. The van der Waals surface area contributed by atoms with Crippen LogP contribution in [0.15, 0.2) is 36.4 Å². The summed E-state index contributed by atoms with van der Waals surface area (Å²) < 4.78 is 18.5. The lowest BCUT2D eigenvalue weighted by Gasteiger charge is -2.03. The number of carbonyl (C=O) groups is 1. The van der Waals surface area contributed by atoms with Gasteiger partial charge in [-0.3, -0.25) is 0 Å². The van der Waals surface area contributed by atoms with E-state index in [-0.39, 0.29) is 18.0 Å². The van der Waals surface area contributed by atoms with Gasteiger partial charge in [-0.25, -0.2) is 9.18 Å². The van der Waals surface area contributed by atoms with Crippen LogP contribution < -0.4 is 0 Å². The van der Waals surface area contributed by atoms with E-state index in [4.69, 9.17) is 4.74 Å². The molecule has 4 nitrogen and oxygen atoms in total. The van der Waals surface area contributed by atoms with Crippen LogP contribution in [0.3, 0.4) is 0 Å². The van der Waals surface area contributed by atoms with Crippen LogP contribution >= 0.6 is 0 Å². The van der Waals surface area contributed by atoms with Crippen molar-refractivity contribution in [3.05, 3.63) is 47.9 Å². The number of rotatable bonds is 3. The smallest absolute Gasteiger partial charge is 0.358 e. The first kappa shape index (κ1) is 12.2. The Morgan fingerprint density at radius 1 is 1.28 bits per heavy atom. The lowest BCUT2D eigenvalue weighted by Crippen LogP contribution is -2.09. The summed E-state index contributed by atoms with van der Waals surface area (Å²) in [6, 6.07) is 9.84. The molecule has 0 saturated heterocycles. The second-order valence-electron chi connectivity index (χ2n) is 3.51. The van der Waals surface area contributed by atoms with Crippen LogP contribution in [0.4, 0.5) is 4.39 Å². The lowest BCUT2D eigenvalue weighted by molar-refractivity contribution is 0.0517. The Hall–Kier alpha value is -2.30. The molecule has 0 amide bonds. The Morgan fingerprint density at radius 2 is 2.00 bits per heavy atom. The zero-order valence-electron chi connectivity index (χ0n) is 9.76. The molecule has 1 aromatic carbocycles. The maximum Gasteiger partial charge on any atom is 0.358 e. The van der Waals surface area contributed by atoms with Gasteiger partial charge in [0.05, 0.1) is 6.61 Å². The van der Waals surface area contributed by atoms with E-state index in [1.165, 1.54) is 0 Å². The van der Waals surface area contributed by atoms with Crippen molar-refractivity contribution in [2.45, 2.75) is 6.92 Å². The van der Waals surface area contributed by atoms with Gasteiger partial charge in [-0.05, 0) is 6.92 Å². The van der Waals surface area contributed by atoms with E-state index < -0.39 is 11.8 Å². The third-order valence-electron chi connectivity index (χ3n) is 2.28. The topological polar surface area (TPSA) is 52.1 Å². The van der Waals surface area contributed by atoms with Crippen LogP contribution in [0.5, 0.6) is 0 Å². The summed E-state index contributed by atoms with van der Waals surface area (Å²) in [6.45, 7) is 1.88. The highest BCUT2D eigenvalue weighted by Gasteiger charge is 2.14. The summed E-state index contributed by atoms with van der Waals surface area (Å²) in [5.41, 5.74) is 0.593. The Morgan fingerprint density at radius 3 is 2.61 bits per heavy atom. The molecule has 0 unspecified atom stereocenters. The van der Waals surface area contributed by atoms with Gasteiger partial charge in [0.15, 0.2) is 11.5 Å². The van der Waals surface area contributed by atoms with Gasteiger partial charge in [-0.1, -0.05) is 30.3 Å².